The van der Waals surface area contributed by atoms with E-state index < -0.39 is 8.07 Å². The number of rotatable bonds is 7. The molecule has 0 atom stereocenters. The van der Waals surface area contributed by atoms with Crippen LogP contribution in [0.1, 0.15) is 0 Å². The van der Waals surface area contributed by atoms with E-state index in [1.54, 1.807) is 0 Å². The number of anilines is 3. The molecule has 1 aliphatic rings. The highest BCUT2D eigenvalue weighted by Gasteiger charge is 2.51. The number of para-hydroxylation sites is 1. The average molecular weight is 754 g/mol. The molecule has 0 radical (unpaired) electrons. The SMILES string of the molecule is c1ccc(-c2ccc(N(c3ccccc3-c3ccccc3)c3cccc4c3[Si](c3ccc5ccccc5c3)(c3ccc5ccccc5c3)c3ccccc3-4)cc2)cc1. The number of benzene rings is 10. The van der Waals surface area contributed by atoms with Gasteiger partial charge in [0, 0.05) is 16.9 Å². The highest BCUT2D eigenvalue weighted by molar-refractivity contribution is 7.23. The number of hydrogen-bond donors (Lipinski definition) is 0. The van der Waals surface area contributed by atoms with Gasteiger partial charge in [0.25, 0.3) is 0 Å². The predicted molar refractivity (Wildman–Crippen MR) is 250 cm³/mol. The summed E-state index contributed by atoms with van der Waals surface area (Å²) in [4.78, 5) is 2.55. The van der Waals surface area contributed by atoms with Crippen LogP contribution in [-0.4, -0.2) is 8.07 Å². The van der Waals surface area contributed by atoms with Gasteiger partial charge in [-0.15, -0.1) is 0 Å². The minimum atomic E-state index is -3.04. The fourth-order valence-electron chi connectivity index (χ4n) is 9.51. The van der Waals surface area contributed by atoms with E-state index >= 15 is 0 Å². The molecule has 0 spiro atoms. The normalized spacial score (nSPS) is 12.6. The van der Waals surface area contributed by atoms with Crippen molar-refractivity contribution >= 4 is 67.4 Å². The van der Waals surface area contributed by atoms with Crippen LogP contribution < -0.4 is 25.6 Å². The van der Waals surface area contributed by atoms with E-state index in [2.05, 4.69) is 241 Å². The first kappa shape index (κ1) is 34.0. The summed E-state index contributed by atoms with van der Waals surface area (Å²) in [5.74, 6) is 0. The van der Waals surface area contributed by atoms with Crippen LogP contribution >= 0.6 is 0 Å². The molecule has 0 saturated carbocycles. The van der Waals surface area contributed by atoms with Crippen LogP contribution in [-0.2, 0) is 0 Å². The monoisotopic (exact) mass is 753 g/mol. The molecule has 0 saturated heterocycles. The summed E-state index contributed by atoms with van der Waals surface area (Å²) in [5.41, 5.74) is 10.9. The maximum atomic E-state index is 2.55. The average Bonchev–Trinajstić information content (AvgIpc) is 3.61. The van der Waals surface area contributed by atoms with Gasteiger partial charge in [0.05, 0.1) is 5.69 Å². The van der Waals surface area contributed by atoms with Crippen molar-refractivity contribution in [3.63, 3.8) is 0 Å². The lowest BCUT2D eigenvalue weighted by Gasteiger charge is -2.37. The summed E-state index contributed by atoms with van der Waals surface area (Å²) in [6, 6.07) is 88.0. The Morgan fingerprint density at radius 1 is 0.293 bits per heavy atom. The molecule has 10 aromatic carbocycles. The summed E-state index contributed by atoms with van der Waals surface area (Å²) in [7, 11) is -3.04. The second-order valence-electron chi connectivity index (χ2n) is 15.3. The van der Waals surface area contributed by atoms with Gasteiger partial charge in [-0.2, -0.15) is 0 Å². The Morgan fingerprint density at radius 2 is 0.776 bits per heavy atom. The fraction of sp³-hybridized carbons (Fsp3) is 0. The number of nitrogens with zero attached hydrogens (tertiary/aromatic N) is 1. The van der Waals surface area contributed by atoms with Crippen LogP contribution in [0.25, 0.3) is 54.9 Å². The van der Waals surface area contributed by atoms with Gasteiger partial charge in [0.1, 0.15) is 0 Å². The quantitative estimate of drug-likeness (QED) is 0.147. The minimum absolute atomic E-state index is 1.12. The lowest BCUT2D eigenvalue weighted by Crippen LogP contribution is -2.73. The van der Waals surface area contributed by atoms with Gasteiger partial charge < -0.3 is 4.90 Å². The van der Waals surface area contributed by atoms with E-state index in [9.17, 15) is 0 Å². The van der Waals surface area contributed by atoms with Crippen LogP contribution in [0.3, 0.4) is 0 Å². The van der Waals surface area contributed by atoms with Gasteiger partial charge in [-0.1, -0.05) is 212 Å². The van der Waals surface area contributed by atoms with Gasteiger partial charge in [0.15, 0.2) is 8.07 Å². The topological polar surface area (TPSA) is 3.24 Å². The first-order valence-electron chi connectivity index (χ1n) is 20.1. The predicted octanol–water partition coefficient (Wildman–Crippen LogP) is 12.2. The Morgan fingerprint density at radius 3 is 1.43 bits per heavy atom. The van der Waals surface area contributed by atoms with Gasteiger partial charge in [-0.25, -0.2) is 0 Å². The van der Waals surface area contributed by atoms with Crippen LogP contribution in [0.4, 0.5) is 17.1 Å². The van der Waals surface area contributed by atoms with Crippen molar-refractivity contribution < 1.29 is 0 Å². The summed E-state index contributed by atoms with van der Waals surface area (Å²) in [6.45, 7) is 0. The largest absolute Gasteiger partial charge is 0.310 e. The zero-order chi connectivity index (χ0) is 38.5. The van der Waals surface area contributed by atoms with Crippen LogP contribution in [0.15, 0.2) is 237 Å². The molecule has 272 valence electrons. The fourth-order valence-corrected chi connectivity index (χ4v) is 14.9. The molecule has 1 aliphatic heterocycles. The molecule has 1 nitrogen and oxygen atoms in total. The second kappa shape index (κ2) is 14.0. The summed E-state index contributed by atoms with van der Waals surface area (Å²) < 4.78 is 0. The molecular formula is C56H39NSi. The molecule has 11 rings (SSSR count). The minimum Gasteiger partial charge on any atom is -0.310 e. The zero-order valence-corrected chi connectivity index (χ0v) is 33.0. The van der Waals surface area contributed by atoms with Gasteiger partial charge in [-0.05, 0) is 94.4 Å². The van der Waals surface area contributed by atoms with E-state index in [0.717, 1.165) is 11.4 Å². The molecule has 0 aromatic heterocycles. The van der Waals surface area contributed by atoms with E-state index in [1.165, 1.54) is 81.4 Å². The number of hydrogen-bond acceptors (Lipinski definition) is 1. The van der Waals surface area contributed by atoms with Crippen LogP contribution in [0.5, 0.6) is 0 Å². The molecule has 1 heterocycles. The molecule has 58 heavy (non-hydrogen) atoms. The highest BCUT2D eigenvalue weighted by atomic mass is 28.3. The molecule has 10 aromatic rings. The molecule has 0 amide bonds. The molecule has 0 bridgehead atoms. The van der Waals surface area contributed by atoms with E-state index in [1.807, 2.05) is 0 Å². The molecule has 0 N–H and O–H groups in total. The Balaban J connectivity index is 1.26. The van der Waals surface area contributed by atoms with Crippen molar-refractivity contribution in [3.05, 3.63) is 237 Å². The molecule has 0 unspecified atom stereocenters. The molecular weight excluding hydrogens is 715 g/mol. The van der Waals surface area contributed by atoms with Crippen LogP contribution in [0, 0.1) is 0 Å². The van der Waals surface area contributed by atoms with Crippen molar-refractivity contribution in [1.29, 1.82) is 0 Å². The lowest BCUT2D eigenvalue weighted by atomic mass is 10.00. The Labute approximate surface area is 340 Å². The third kappa shape index (κ3) is 5.45. The highest BCUT2D eigenvalue weighted by Crippen LogP contribution is 2.44. The summed E-state index contributed by atoms with van der Waals surface area (Å²) in [6.07, 6.45) is 0. The van der Waals surface area contributed by atoms with E-state index in [0.29, 0.717) is 0 Å². The third-order valence-electron chi connectivity index (χ3n) is 12.1. The van der Waals surface area contributed by atoms with Crippen molar-refractivity contribution in [2.24, 2.45) is 0 Å². The van der Waals surface area contributed by atoms with Crippen molar-refractivity contribution in [3.8, 4) is 33.4 Å². The first-order valence-corrected chi connectivity index (χ1v) is 22.1. The zero-order valence-electron chi connectivity index (χ0n) is 32.0. The lowest BCUT2D eigenvalue weighted by molar-refractivity contribution is 1.29. The van der Waals surface area contributed by atoms with Crippen LogP contribution in [0.2, 0.25) is 0 Å². The first-order chi connectivity index (χ1) is 28.8. The van der Waals surface area contributed by atoms with Crippen molar-refractivity contribution in [2.45, 2.75) is 0 Å². The van der Waals surface area contributed by atoms with Gasteiger partial charge in [0.2, 0.25) is 0 Å². The Hall–Kier alpha value is -7.26. The van der Waals surface area contributed by atoms with Gasteiger partial charge in [-0.3, -0.25) is 0 Å². The second-order valence-corrected chi connectivity index (χ2v) is 18.9. The van der Waals surface area contributed by atoms with E-state index in [-0.39, 0.29) is 0 Å². The maximum Gasteiger partial charge on any atom is 0.183 e. The van der Waals surface area contributed by atoms with E-state index in [4.69, 9.17) is 0 Å². The molecule has 0 aliphatic carbocycles. The van der Waals surface area contributed by atoms with Gasteiger partial charge >= 0.3 is 0 Å². The number of fused-ring (bicyclic) bond motifs is 5. The van der Waals surface area contributed by atoms with Crippen molar-refractivity contribution in [1.82, 2.24) is 0 Å². The summed E-state index contributed by atoms with van der Waals surface area (Å²) in [5, 5.41) is 10.6. The molecule has 0 fully saturated rings. The standard InChI is InChI=1S/C56H39NSi/c1-3-16-40(17-4-1)43-30-34-47(35-31-43)57(53-27-13-11-24-50(53)44-20-5-2-6-21-44)54-28-15-26-52-51-25-12-14-29-55(51)58(56(52)54,48-36-32-41-18-7-9-22-45(41)38-48)49-37-33-42-19-8-10-23-46(42)39-49/h1-39H. The smallest absolute Gasteiger partial charge is 0.183 e. The third-order valence-corrected chi connectivity index (χ3v) is 17.0. The molecule has 2 heteroatoms. The summed E-state index contributed by atoms with van der Waals surface area (Å²) >= 11 is 0. The Bertz CT molecular complexity index is 3040. The van der Waals surface area contributed by atoms with Crippen molar-refractivity contribution in [2.75, 3.05) is 4.90 Å². The Kier molecular flexibility index (Phi) is 8.23. The maximum absolute atomic E-state index is 3.04.